The Morgan fingerprint density at radius 1 is 1.18 bits per heavy atom. The van der Waals surface area contributed by atoms with Crippen molar-refractivity contribution in [3.63, 3.8) is 0 Å². The second kappa shape index (κ2) is 10.7. The molecule has 2 aliphatic carbocycles. The number of carboxylic acids is 1. The van der Waals surface area contributed by atoms with Crippen molar-refractivity contribution in [3.8, 4) is 17.0 Å². The summed E-state index contributed by atoms with van der Waals surface area (Å²) in [5, 5.41) is 19.8. The van der Waals surface area contributed by atoms with Crippen molar-refractivity contribution < 1.29 is 24.5 Å². The summed E-state index contributed by atoms with van der Waals surface area (Å²) in [4.78, 5) is 17.7. The van der Waals surface area contributed by atoms with Gasteiger partial charge in [0.25, 0.3) is 0 Å². The molecule has 1 unspecified atom stereocenters. The average molecular weight is 458 g/mol. The molecule has 0 saturated heterocycles. The molecule has 4 rings (SSSR count). The number of hydrogen-bond donors (Lipinski definition) is 2. The molecule has 180 valence electrons. The molecule has 8 heteroatoms. The normalized spacial score (nSPS) is 22.5. The van der Waals surface area contributed by atoms with E-state index in [4.69, 9.17) is 9.47 Å². The van der Waals surface area contributed by atoms with Gasteiger partial charge in [0.15, 0.2) is 0 Å². The van der Waals surface area contributed by atoms with E-state index in [2.05, 4.69) is 4.98 Å². The van der Waals surface area contributed by atoms with Crippen LogP contribution in [0.5, 0.6) is 5.75 Å². The number of nitrogens with zero attached hydrogens (tertiary/aromatic N) is 3. The first kappa shape index (κ1) is 23.7. The molecule has 0 amide bonds. The zero-order valence-corrected chi connectivity index (χ0v) is 19.5. The van der Waals surface area contributed by atoms with Crippen LogP contribution in [0, 0.1) is 5.92 Å². The highest BCUT2D eigenvalue weighted by atomic mass is 16.6. The number of aliphatic carboxylic acids is 1. The summed E-state index contributed by atoms with van der Waals surface area (Å²) < 4.78 is 13.8. The molecule has 0 aliphatic heterocycles. The third kappa shape index (κ3) is 5.75. The zero-order valence-electron chi connectivity index (χ0n) is 19.5. The lowest BCUT2D eigenvalue weighted by Gasteiger charge is -2.29. The highest BCUT2D eigenvalue weighted by Crippen LogP contribution is 2.30. The maximum Gasteiger partial charge on any atom is 0.306 e. The molecule has 2 aliphatic rings. The zero-order chi connectivity index (χ0) is 23.4. The Morgan fingerprint density at radius 2 is 1.91 bits per heavy atom. The van der Waals surface area contributed by atoms with Gasteiger partial charge in [-0.05, 0) is 69.8 Å². The third-order valence-electron chi connectivity index (χ3n) is 7.08. The van der Waals surface area contributed by atoms with Crippen LogP contribution in [0.1, 0.15) is 57.1 Å². The molecule has 2 N–H and O–H groups in total. The van der Waals surface area contributed by atoms with Gasteiger partial charge in [-0.15, -0.1) is 0 Å². The van der Waals surface area contributed by atoms with Crippen LogP contribution in [0.3, 0.4) is 0 Å². The molecule has 2 aromatic rings. The molecule has 0 spiro atoms. The van der Waals surface area contributed by atoms with Crippen molar-refractivity contribution >= 4 is 5.97 Å². The standard InChI is InChI=1S/C25H35N3O5/c1-27-16-26-23(22(27)15-32-25(31)28(2)19-7-3-4-8-19)17-10-12-20(13-11-17)33-21-9-5-6-18(14-21)24(29)30/h10-13,16,18-19,21,25,31H,3-9,14-15H2,1-2H3,(H,29,30)/t18-,21-,25?/m0/s1. The summed E-state index contributed by atoms with van der Waals surface area (Å²) in [6.45, 7) is 0.251. The van der Waals surface area contributed by atoms with Crippen molar-refractivity contribution in [2.24, 2.45) is 13.0 Å². The first-order chi connectivity index (χ1) is 15.9. The van der Waals surface area contributed by atoms with E-state index in [9.17, 15) is 15.0 Å². The maximum absolute atomic E-state index is 11.3. The molecule has 1 aromatic carbocycles. The number of rotatable bonds is 9. The number of aliphatic hydroxyl groups is 1. The predicted molar refractivity (Wildman–Crippen MR) is 123 cm³/mol. The van der Waals surface area contributed by atoms with Crippen LogP contribution in [0.4, 0.5) is 0 Å². The minimum absolute atomic E-state index is 0.0668. The predicted octanol–water partition coefficient (Wildman–Crippen LogP) is 3.78. The van der Waals surface area contributed by atoms with E-state index >= 15 is 0 Å². The van der Waals surface area contributed by atoms with Crippen molar-refractivity contribution in [1.82, 2.24) is 14.5 Å². The topological polar surface area (TPSA) is 97.1 Å². The van der Waals surface area contributed by atoms with Gasteiger partial charge in [-0.3, -0.25) is 9.69 Å². The monoisotopic (exact) mass is 457 g/mol. The molecule has 3 atom stereocenters. The molecule has 0 radical (unpaired) electrons. The maximum atomic E-state index is 11.3. The van der Waals surface area contributed by atoms with E-state index < -0.39 is 12.4 Å². The summed E-state index contributed by atoms with van der Waals surface area (Å²) in [6.07, 6.45) is 8.37. The van der Waals surface area contributed by atoms with Crippen LogP contribution in [0.15, 0.2) is 30.6 Å². The number of aromatic nitrogens is 2. The number of aryl methyl sites for hydroxylation is 1. The summed E-state index contributed by atoms with van der Waals surface area (Å²) in [5.74, 6) is -0.317. The average Bonchev–Trinajstić information content (AvgIpc) is 3.48. The lowest BCUT2D eigenvalue weighted by atomic mass is 9.87. The molecule has 0 bridgehead atoms. The molecule has 1 heterocycles. The van der Waals surface area contributed by atoms with E-state index in [-0.39, 0.29) is 18.6 Å². The van der Waals surface area contributed by atoms with E-state index in [1.807, 2.05) is 47.8 Å². The number of aliphatic hydroxyl groups excluding tert-OH is 1. The van der Waals surface area contributed by atoms with E-state index in [1.165, 1.54) is 12.8 Å². The van der Waals surface area contributed by atoms with Crippen molar-refractivity contribution in [1.29, 1.82) is 0 Å². The first-order valence-electron chi connectivity index (χ1n) is 11.9. The largest absolute Gasteiger partial charge is 0.490 e. The fourth-order valence-electron chi connectivity index (χ4n) is 4.99. The number of hydrogen-bond acceptors (Lipinski definition) is 6. The summed E-state index contributed by atoms with van der Waals surface area (Å²) in [6, 6.07) is 8.09. The Balaban J connectivity index is 1.38. The fourth-order valence-corrected chi connectivity index (χ4v) is 4.99. The SMILES string of the molecule is CN(C1CCCC1)C(O)OCc1c(-c2ccc(O[C@H]3CCC[C@H](C(=O)O)C3)cc2)ncn1C. The highest BCUT2D eigenvalue weighted by Gasteiger charge is 2.28. The number of carbonyl (C=O) groups is 1. The smallest absolute Gasteiger partial charge is 0.306 e. The van der Waals surface area contributed by atoms with Crippen LogP contribution in [0.2, 0.25) is 0 Å². The van der Waals surface area contributed by atoms with Gasteiger partial charge in [-0.25, -0.2) is 4.98 Å². The van der Waals surface area contributed by atoms with Gasteiger partial charge >= 0.3 is 5.97 Å². The Labute approximate surface area is 195 Å². The summed E-state index contributed by atoms with van der Waals surface area (Å²) in [7, 11) is 3.83. The molecule has 1 aromatic heterocycles. The third-order valence-corrected chi connectivity index (χ3v) is 7.08. The molecular formula is C25H35N3O5. The second-order valence-electron chi connectivity index (χ2n) is 9.36. The Hall–Kier alpha value is -2.42. The Kier molecular flexibility index (Phi) is 7.67. The fraction of sp³-hybridized carbons (Fsp3) is 0.600. The van der Waals surface area contributed by atoms with Gasteiger partial charge < -0.3 is 24.3 Å². The van der Waals surface area contributed by atoms with Gasteiger partial charge in [-0.2, -0.15) is 0 Å². The molecule has 8 nitrogen and oxygen atoms in total. The number of imidazole rings is 1. The minimum atomic E-state index is -0.947. The van der Waals surface area contributed by atoms with Crippen LogP contribution < -0.4 is 4.74 Å². The van der Waals surface area contributed by atoms with Crippen LogP contribution >= 0.6 is 0 Å². The van der Waals surface area contributed by atoms with Gasteiger partial charge in [0.05, 0.1) is 36.3 Å². The number of benzene rings is 1. The molecule has 2 saturated carbocycles. The minimum Gasteiger partial charge on any atom is -0.490 e. The lowest BCUT2D eigenvalue weighted by Crippen LogP contribution is -2.40. The highest BCUT2D eigenvalue weighted by molar-refractivity contribution is 5.70. The van der Waals surface area contributed by atoms with Crippen LogP contribution in [0.25, 0.3) is 11.3 Å². The van der Waals surface area contributed by atoms with Crippen molar-refractivity contribution in [2.45, 2.75) is 76.5 Å². The van der Waals surface area contributed by atoms with E-state index in [1.54, 1.807) is 6.33 Å². The first-order valence-corrected chi connectivity index (χ1v) is 11.9. The van der Waals surface area contributed by atoms with Gasteiger partial charge in [-0.1, -0.05) is 12.8 Å². The van der Waals surface area contributed by atoms with Crippen molar-refractivity contribution in [2.75, 3.05) is 7.05 Å². The van der Waals surface area contributed by atoms with Gasteiger partial charge in [0, 0.05) is 18.7 Å². The molecule has 33 heavy (non-hydrogen) atoms. The Bertz CT molecular complexity index is 923. The van der Waals surface area contributed by atoms with E-state index in [0.29, 0.717) is 12.5 Å². The molecular weight excluding hydrogens is 422 g/mol. The van der Waals surface area contributed by atoms with E-state index in [0.717, 1.165) is 54.8 Å². The number of carboxylic acid groups (broad SMARTS) is 1. The van der Waals surface area contributed by atoms with Crippen molar-refractivity contribution in [3.05, 3.63) is 36.3 Å². The van der Waals surface area contributed by atoms with Crippen LogP contribution in [-0.4, -0.2) is 56.2 Å². The quantitative estimate of drug-likeness (QED) is 0.553. The summed E-state index contributed by atoms with van der Waals surface area (Å²) in [5.41, 5.74) is 2.63. The van der Waals surface area contributed by atoms with Crippen LogP contribution in [-0.2, 0) is 23.2 Å². The van der Waals surface area contributed by atoms with Gasteiger partial charge in [0.1, 0.15) is 5.75 Å². The second-order valence-corrected chi connectivity index (χ2v) is 9.36. The summed E-state index contributed by atoms with van der Waals surface area (Å²) >= 11 is 0. The molecule has 2 fully saturated rings. The number of ether oxygens (including phenoxy) is 2. The lowest BCUT2D eigenvalue weighted by molar-refractivity contribution is -0.203. The Morgan fingerprint density at radius 3 is 2.61 bits per heavy atom. The van der Waals surface area contributed by atoms with Gasteiger partial charge in [0.2, 0.25) is 6.41 Å².